The first-order valence-electron chi connectivity index (χ1n) is 4.81. The maximum Gasteiger partial charge on any atom is 0.178 e. The molecule has 0 spiro atoms. The van der Waals surface area contributed by atoms with Crippen molar-refractivity contribution in [2.24, 2.45) is 0 Å². The molecule has 0 saturated heterocycles. The van der Waals surface area contributed by atoms with Gasteiger partial charge in [0, 0.05) is 17.9 Å². The first-order valence-corrected chi connectivity index (χ1v) is 5.69. The van der Waals surface area contributed by atoms with Crippen LogP contribution in [0.5, 0.6) is 0 Å². The van der Waals surface area contributed by atoms with Gasteiger partial charge in [0.15, 0.2) is 5.78 Å². The van der Waals surface area contributed by atoms with Crippen LogP contribution in [-0.2, 0) is 0 Å². The maximum atomic E-state index is 13.1. The SMILES string of the molecule is CC(=O)c1csc(-c2ccc(F)c(C)c2)n1. The van der Waals surface area contributed by atoms with E-state index < -0.39 is 0 Å². The summed E-state index contributed by atoms with van der Waals surface area (Å²) in [6.45, 7) is 3.19. The molecule has 2 nitrogen and oxygen atoms in total. The number of carbonyl (C=O) groups is 1. The number of hydrogen-bond donors (Lipinski definition) is 0. The number of aromatic nitrogens is 1. The minimum Gasteiger partial charge on any atom is -0.293 e. The molecule has 0 fully saturated rings. The fourth-order valence-corrected chi connectivity index (χ4v) is 2.20. The Balaban J connectivity index is 2.42. The minimum absolute atomic E-state index is 0.0543. The zero-order valence-corrected chi connectivity index (χ0v) is 9.77. The normalized spacial score (nSPS) is 10.4. The second-order valence-corrected chi connectivity index (χ2v) is 4.42. The first kappa shape index (κ1) is 11.0. The van der Waals surface area contributed by atoms with Crippen molar-refractivity contribution in [2.75, 3.05) is 0 Å². The standard InChI is InChI=1S/C12H10FNOS/c1-7-5-9(3-4-10(7)13)12-14-11(6-16-12)8(2)15/h3-6H,1-2H3. The number of rotatable bonds is 2. The van der Waals surface area contributed by atoms with E-state index in [9.17, 15) is 9.18 Å². The van der Waals surface area contributed by atoms with Crippen molar-refractivity contribution in [3.63, 3.8) is 0 Å². The monoisotopic (exact) mass is 235 g/mol. The minimum atomic E-state index is -0.230. The second-order valence-electron chi connectivity index (χ2n) is 3.56. The van der Waals surface area contributed by atoms with Crippen LogP contribution in [0.2, 0.25) is 0 Å². The zero-order valence-electron chi connectivity index (χ0n) is 8.95. The third-order valence-corrected chi connectivity index (χ3v) is 3.16. The summed E-state index contributed by atoms with van der Waals surface area (Å²) in [5.74, 6) is -0.284. The molecule has 0 saturated carbocycles. The van der Waals surface area contributed by atoms with Gasteiger partial charge in [-0.1, -0.05) is 0 Å². The van der Waals surface area contributed by atoms with E-state index >= 15 is 0 Å². The van der Waals surface area contributed by atoms with Crippen molar-refractivity contribution in [2.45, 2.75) is 13.8 Å². The average Bonchev–Trinajstić information content (AvgIpc) is 2.71. The van der Waals surface area contributed by atoms with Gasteiger partial charge in [-0.15, -0.1) is 11.3 Å². The van der Waals surface area contributed by atoms with Crippen molar-refractivity contribution in [1.29, 1.82) is 0 Å². The Kier molecular flexibility index (Phi) is 2.83. The quantitative estimate of drug-likeness (QED) is 0.746. The van der Waals surface area contributed by atoms with Crippen molar-refractivity contribution in [3.8, 4) is 10.6 Å². The van der Waals surface area contributed by atoms with Gasteiger partial charge in [-0.25, -0.2) is 9.37 Å². The van der Waals surface area contributed by atoms with E-state index in [1.807, 2.05) is 0 Å². The molecule has 0 atom stereocenters. The van der Waals surface area contributed by atoms with Gasteiger partial charge in [-0.3, -0.25) is 4.79 Å². The van der Waals surface area contributed by atoms with Gasteiger partial charge in [-0.05, 0) is 30.7 Å². The summed E-state index contributed by atoms with van der Waals surface area (Å²) in [5, 5.41) is 2.46. The maximum absolute atomic E-state index is 13.1. The van der Waals surface area contributed by atoms with E-state index in [1.165, 1.54) is 24.3 Å². The topological polar surface area (TPSA) is 30.0 Å². The Labute approximate surface area is 96.8 Å². The molecular weight excluding hydrogens is 225 g/mol. The van der Waals surface area contributed by atoms with Gasteiger partial charge in [-0.2, -0.15) is 0 Å². The number of hydrogen-bond acceptors (Lipinski definition) is 3. The number of Topliss-reactive ketones (excluding diaryl/α,β-unsaturated/α-hetero) is 1. The van der Waals surface area contributed by atoms with E-state index in [1.54, 1.807) is 24.4 Å². The first-order chi connectivity index (χ1) is 7.58. The average molecular weight is 235 g/mol. The number of aryl methyl sites for hydroxylation is 1. The van der Waals surface area contributed by atoms with Gasteiger partial charge >= 0.3 is 0 Å². The Hall–Kier alpha value is -1.55. The van der Waals surface area contributed by atoms with Crippen LogP contribution in [0.4, 0.5) is 4.39 Å². The summed E-state index contributed by atoms with van der Waals surface area (Å²) in [7, 11) is 0. The Bertz CT molecular complexity index is 548. The van der Waals surface area contributed by atoms with E-state index in [0.29, 0.717) is 11.3 Å². The molecule has 0 aliphatic carbocycles. The van der Waals surface area contributed by atoms with E-state index in [2.05, 4.69) is 4.98 Å². The molecule has 82 valence electrons. The number of carbonyl (C=O) groups excluding carboxylic acids is 1. The van der Waals surface area contributed by atoms with Crippen LogP contribution < -0.4 is 0 Å². The summed E-state index contributed by atoms with van der Waals surface area (Å²) in [4.78, 5) is 15.3. The van der Waals surface area contributed by atoms with Gasteiger partial charge in [0.1, 0.15) is 16.5 Å². The van der Waals surface area contributed by atoms with Crippen molar-refractivity contribution >= 4 is 17.1 Å². The summed E-state index contributed by atoms with van der Waals surface area (Å²) >= 11 is 1.39. The number of halogens is 1. The molecule has 1 aromatic carbocycles. The number of thiazole rings is 1. The highest BCUT2D eigenvalue weighted by Crippen LogP contribution is 2.25. The van der Waals surface area contributed by atoms with Crippen molar-refractivity contribution < 1.29 is 9.18 Å². The van der Waals surface area contributed by atoms with Crippen molar-refractivity contribution in [1.82, 2.24) is 4.98 Å². The van der Waals surface area contributed by atoms with Crippen LogP contribution in [-0.4, -0.2) is 10.8 Å². The largest absolute Gasteiger partial charge is 0.293 e. The van der Waals surface area contributed by atoms with Crippen LogP contribution in [0.3, 0.4) is 0 Å². The highest BCUT2D eigenvalue weighted by Gasteiger charge is 2.08. The molecule has 2 rings (SSSR count). The Morgan fingerprint density at radius 2 is 2.19 bits per heavy atom. The highest BCUT2D eigenvalue weighted by atomic mass is 32.1. The molecule has 16 heavy (non-hydrogen) atoms. The molecule has 0 radical (unpaired) electrons. The van der Waals surface area contributed by atoms with Crippen LogP contribution >= 0.6 is 11.3 Å². The van der Waals surface area contributed by atoms with Crippen molar-refractivity contribution in [3.05, 3.63) is 40.7 Å². The number of benzene rings is 1. The molecule has 1 aromatic heterocycles. The fraction of sp³-hybridized carbons (Fsp3) is 0.167. The van der Waals surface area contributed by atoms with Gasteiger partial charge in [0.05, 0.1) is 0 Å². The molecular formula is C12H10FNOS. The second kappa shape index (κ2) is 4.14. The lowest BCUT2D eigenvalue weighted by Gasteiger charge is -1.99. The summed E-state index contributed by atoms with van der Waals surface area (Å²) < 4.78 is 13.1. The van der Waals surface area contributed by atoms with Gasteiger partial charge in [0.25, 0.3) is 0 Å². The molecule has 1 heterocycles. The molecule has 2 aromatic rings. The van der Waals surface area contributed by atoms with Crippen LogP contribution in [0.1, 0.15) is 23.0 Å². The van der Waals surface area contributed by atoms with Crippen LogP contribution in [0.25, 0.3) is 10.6 Å². The summed E-state index contributed by atoms with van der Waals surface area (Å²) in [6.07, 6.45) is 0. The van der Waals surface area contributed by atoms with Crippen LogP contribution in [0.15, 0.2) is 23.6 Å². The predicted octanol–water partition coefficient (Wildman–Crippen LogP) is 3.46. The highest BCUT2D eigenvalue weighted by molar-refractivity contribution is 7.13. The lowest BCUT2D eigenvalue weighted by Crippen LogP contribution is -1.91. The van der Waals surface area contributed by atoms with E-state index in [-0.39, 0.29) is 11.6 Å². The summed E-state index contributed by atoms with van der Waals surface area (Å²) in [5.41, 5.74) is 1.88. The smallest absolute Gasteiger partial charge is 0.178 e. The summed E-state index contributed by atoms with van der Waals surface area (Å²) in [6, 6.07) is 4.82. The van der Waals surface area contributed by atoms with Gasteiger partial charge < -0.3 is 0 Å². The van der Waals surface area contributed by atoms with E-state index in [0.717, 1.165) is 10.6 Å². The van der Waals surface area contributed by atoms with Gasteiger partial charge in [0.2, 0.25) is 0 Å². The zero-order chi connectivity index (χ0) is 11.7. The Morgan fingerprint density at radius 1 is 1.44 bits per heavy atom. The number of nitrogens with zero attached hydrogens (tertiary/aromatic N) is 1. The third kappa shape index (κ3) is 2.02. The lowest BCUT2D eigenvalue weighted by atomic mass is 10.1. The lowest BCUT2D eigenvalue weighted by molar-refractivity contribution is 0.101. The van der Waals surface area contributed by atoms with Crippen LogP contribution in [0, 0.1) is 12.7 Å². The molecule has 0 bridgehead atoms. The molecule has 0 N–H and O–H groups in total. The molecule has 0 aliphatic rings. The predicted molar refractivity (Wildman–Crippen MR) is 62.2 cm³/mol. The molecule has 0 unspecified atom stereocenters. The fourth-order valence-electron chi connectivity index (χ4n) is 1.35. The Morgan fingerprint density at radius 3 is 2.75 bits per heavy atom. The molecule has 0 aliphatic heterocycles. The molecule has 0 amide bonds. The number of ketones is 1. The molecule has 4 heteroatoms. The third-order valence-electron chi connectivity index (χ3n) is 2.27. The van der Waals surface area contributed by atoms with E-state index in [4.69, 9.17) is 0 Å².